The minimum Gasteiger partial charge on any atom is -0.436 e. The highest BCUT2D eigenvalue weighted by molar-refractivity contribution is 7.25. The average molecular weight is 609 g/mol. The fourth-order valence-corrected chi connectivity index (χ4v) is 6.98. The number of hydrogen-bond donors (Lipinski definition) is 0. The topological polar surface area (TPSA) is 64.7 Å². The number of hydrogen-bond acceptors (Lipinski definition) is 6. The van der Waals surface area contributed by atoms with Crippen LogP contribution in [-0.4, -0.2) is 19.9 Å². The molecule has 0 bridgehead atoms. The molecule has 6 heteroatoms. The molecular formula is C40H24N4OS. The van der Waals surface area contributed by atoms with Crippen molar-refractivity contribution in [2.75, 3.05) is 0 Å². The molecule has 46 heavy (non-hydrogen) atoms. The Morgan fingerprint density at radius 3 is 1.72 bits per heavy atom. The molecule has 0 N–H and O–H groups in total. The molecule has 3 heterocycles. The predicted octanol–water partition coefficient (Wildman–Crippen LogP) is 10.7. The molecule has 5 nitrogen and oxygen atoms in total. The Labute approximate surface area is 268 Å². The second-order valence-electron chi connectivity index (χ2n) is 11.1. The average Bonchev–Trinajstić information content (AvgIpc) is 3.73. The van der Waals surface area contributed by atoms with Crippen molar-refractivity contribution in [2.45, 2.75) is 0 Å². The quantitative estimate of drug-likeness (QED) is 0.194. The first-order valence-electron chi connectivity index (χ1n) is 15.1. The van der Waals surface area contributed by atoms with Crippen LogP contribution in [0.2, 0.25) is 0 Å². The van der Waals surface area contributed by atoms with Crippen LogP contribution < -0.4 is 0 Å². The molecule has 0 aliphatic heterocycles. The molecule has 216 valence electrons. The van der Waals surface area contributed by atoms with Crippen LogP contribution in [0.4, 0.5) is 0 Å². The largest absolute Gasteiger partial charge is 0.436 e. The first kappa shape index (κ1) is 26.4. The molecular weight excluding hydrogens is 585 g/mol. The lowest BCUT2D eigenvalue weighted by Crippen LogP contribution is -2.00. The van der Waals surface area contributed by atoms with Gasteiger partial charge in [0.05, 0.1) is 0 Å². The van der Waals surface area contributed by atoms with Crippen LogP contribution in [-0.2, 0) is 0 Å². The molecule has 3 aromatic heterocycles. The van der Waals surface area contributed by atoms with Crippen molar-refractivity contribution in [1.29, 1.82) is 0 Å². The van der Waals surface area contributed by atoms with E-state index >= 15 is 0 Å². The summed E-state index contributed by atoms with van der Waals surface area (Å²) in [5.41, 5.74) is 7.49. The lowest BCUT2D eigenvalue weighted by atomic mass is 10.0. The number of nitrogens with zero attached hydrogens (tertiary/aromatic N) is 4. The highest BCUT2D eigenvalue weighted by atomic mass is 32.1. The van der Waals surface area contributed by atoms with Gasteiger partial charge < -0.3 is 4.42 Å². The van der Waals surface area contributed by atoms with E-state index in [0.29, 0.717) is 23.4 Å². The Morgan fingerprint density at radius 2 is 0.957 bits per heavy atom. The molecule has 9 aromatic rings. The van der Waals surface area contributed by atoms with E-state index in [4.69, 9.17) is 19.4 Å². The first-order valence-corrected chi connectivity index (χ1v) is 15.9. The van der Waals surface area contributed by atoms with Gasteiger partial charge in [-0.2, -0.15) is 0 Å². The first-order chi connectivity index (χ1) is 22.7. The lowest BCUT2D eigenvalue weighted by molar-refractivity contribution is 0.620. The van der Waals surface area contributed by atoms with Crippen LogP contribution in [0.3, 0.4) is 0 Å². The maximum Gasteiger partial charge on any atom is 0.227 e. The second-order valence-corrected chi connectivity index (χ2v) is 12.2. The van der Waals surface area contributed by atoms with E-state index in [1.54, 1.807) is 11.3 Å². The smallest absolute Gasteiger partial charge is 0.227 e. The summed E-state index contributed by atoms with van der Waals surface area (Å²) in [5.74, 6) is 2.54. The molecule has 0 aliphatic rings. The van der Waals surface area contributed by atoms with Gasteiger partial charge in [0.1, 0.15) is 5.52 Å². The van der Waals surface area contributed by atoms with Gasteiger partial charge in [0, 0.05) is 42.4 Å². The van der Waals surface area contributed by atoms with Crippen LogP contribution >= 0.6 is 11.3 Å². The zero-order chi connectivity index (χ0) is 30.5. The van der Waals surface area contributed by atoms with Gasteiger partial charge in [-0.1, -0.05) is 109 Å². The van der Waals surface area contributed by atoms with Gasteiger partial charge in [0.15, 0.2) is 23.1 Å². The predicted molar refractivity (Wildman–Crippen MR) is 187 cm³/mol. The Kier molecular flexibility index (Phi) is 6.25. The van der Waals surface area contributed by atoms with Gasteiger partial charge in [-0.25, -0.2) is 19.9 Å². The standard InChI is InChI=1S/C40H24N4OS/c1-3-9-26(10-4-1)37-42-38(44-39(43-37)30-19-21-32-31-13-7-8-14-35(31)46-36(32)24-30)27-17-15-25(16-18-27)29-20-22-33-34(23-29)45-40(41-33)28-11-5-2-6-12-28/h1-24H. The Balaban J connectivity index is 1.10. The number of aromatic nitrogens is 4. The van der Waals surface area contributed by atoms with Crippen molar-refractivity contribution >= 4 is 42.6 Å². The number of fused-ring (bicyclic) bond motifs is 4. The summed E-state index contributed by atoms with van der Waals surface area (Å²) in [6.45, 7) is 0. The van der Waals surface area contributed by atoms with E-state index in [2.05, 4.69) is 77.8 Å². The molecule has 0 radical (unpaired) electrons. The molecule has 0 aliphatic carbocycles. The summed E-state index contributed by atoms with van der Waals surface area (Å²) in [5, 5.41) is 2.52. The van der Waals surface area contributed by atoms with E-state index in [-0.39, 0.29) is 0 Å². The molecule has 0 spiro atoms. The zero-order valence-electron chi connectivity index (χ0n) is 24.5. The van der Waals surface area contributed by atoms with Crippen molar-refractivity contribution < 1.29 is 4.42 Å². The van der Waals surface area contributed by atoms with E-state index in [1.165, 1.54) is 20.2 Å². The molecule has 0 amide bonds. The molecule has 9 rings (SSSR count). The summed E-state index contributed by atoms with van der Waals surface area (Å²) in [6, 6.07) is 49.5. The summed E-state index contributed by atoms with van der Waals surface area (Å²) in [7, 11) is 0. The molecule has 6 aromatic carbocycles. The fraction of sp³-hybridized carbons (Fsp3) is 0. The third-order valence-corrected chi connectivity index (χ3v) is 9.32. The number of benzene rings is 6. The molecule has 0 unspecified atom stereocenters. The van der Waals surface area contributed by atoms with Gasteiger partial charge in [-0.3, -0.25) is 0 Å². The highest BCUT2D eigenvalue weighted by Gasteiger charge is 2.15. The summed E-state index contributed by atoms with van der Waals surface area (Å²) in [4.78, 5) is 19.5. The maximum absolute atomic E-state index is 6.13. The van der Waals surface area contributed by atoms with Gasteiger partial charge >= 0.3 is 0 Å². The van der Waals surface area contributed by atoms with Gasteiger partial charge in [0.25, 0.3) is 0 Å². The summed E-state index contributed by atoms with van der Waals surface area (Å²) >= 11 is 1.79. The van der Waals surface area contributed by atoms with E-state index in [1.807, 2.05) is 72.8 Å². The van der Waals surface area contributed by atoms with Gasteiger partial charge in [0.2, 0.25) is 5.89 Å². The minimum absolute atomic E-state index is 0.620. The van der Waals surface area contributed by atoms with E-state index in [0.717, 1.165) is 44.5 Å². The van der Waals surface area contributed by atoms with Crippen LogP contribution in [0.15, 0.2) is 150 Å². The molecule has 0 atom stereocenters. The van der Waals surface area contributed by atoms with Crippen molar-refractivity contribution in [1.82, 2.24) is 19.9 Å². The molecule has 0 fully saturated rings. The Morgan fingerprint density at radius 1 is 0.391 bits per heavy atom. The zero-order valence-corrected chi connectivity index (χ0v) is 25.3. The van der Waals surface area contributed by atoms with Crippen molar-refractivity contribution in [3.8, 4) is 56.7 Å². The normalized spacial score (nSPS) is 11.5. The third-order valence-electron chi connectivity index (χ3n) is 8.19. The van der Waals surface area contributed by atoms with Crippen LogP contribution in [0.5, 0.6) is 0 Å². The minimum atomic E-state index is 0.620. The number of oxazole rings is 1. The fourth-order valence-electron chi connectivity index (χ4n) is 5.84. The SMILES string of the molecule is c1ccc(-c2nc(-c3ccc(-c4ccc5nc(-c6ccccc6)oc5c4)cc3)nc(-c3ccc4c(c3)sc3ccccc34)n2)cc1. The van der Waals surface area contributed by atoms with Crippen LogP contribution in [0, 0.1) is 0 Å². The van der Waals surface area contributed by atoms with Crippen molar-refractivity contribution in [3.05, 3.63) is 146 Å². The van der Waals surface area contributed by atoms with Crippen LogP contribution in [0.1, 0.15) is 0 Å². The Bertz CT molecular complexity index is 2520. The third kappa shape index (κ3) is 4.72. The van der Waals surface area contributed by atoms with Gasteiger partial charge in [-0.15, -0.1) is 11.3 Å². The lowest BCUT2D eigenvalue weighted by Gasteiger charge is -2.09. The number of thiophene rings is 1. The van der Waals surface area contributed by atoms with Gasteiger partial charge in [-0.05, 0) is 47.5 Å². The Hall–Kier alpha value is -5.98. The summed E-state index contributed by atoms with van der Waals surface area (Å²) < 4.78 is 8.61. The maximum atomic E-state index is 6.13. The second kappa shape index (κ2) is 10.9. The van der Waals surface area contributed by atoms with Crippen molar-refractivity contribution in [3.63, 3.8) is 0 Å². The van der Waals surface area contributed by atoms with E-state index in [9.17, 15) is 0 Å². The number of rotatable bonds is 5. The van der Waals surface area contributed by atoms with Crippen LogP contribution in [0.25, 0.3) is 88.0 Å². The molecule has 0 saturated heterocycles. The monoisotopic (exact) mass is 608 g/mol. The highest BCUT2D eigenvalue weighted by Crippen LogP contribution is 2.36. The summed E-state index contributed by atoms with van der Waals surface area (Å²) in [6.07, 6.45) is 0. The van der Waals surface area contributed by atoms with Crippen molar-refractivity contribution in [2.24, 2.45) is 0 Å². The van der Waals surface area contributed by atoms with E-state index < -0.39 is 0 Å². The molecule has 0 saturated carbocycles.